The number of aliphatic hydroxyl groups excluding tert-OH is 11. The number of rotatable bonds is 46. The van der Waals surface area contributed by atoms with Crippen LogP contribution < -0.4 is 5.32 Å². The number of carbonyl (C=O) groups is 1. The lowest BCUT2D eigenvalue weighted by Gasteiger charge is -2.48. The van der Waals surface area contributed by atoms with Crippen molar-refractivity contribution in [2.24, 2.45) is 0 Å². The van der Waals surface area contributed by atoms with Gasteiger partial charge in [0.15, 0.2) is 18.9 Å². The van der Waals surface area contributed by atoms with Gasteiger partial charge in [-0.15, -0.1) is 0 Å². The number of unbranched alkanes of at least 4 members (excludes halogenated alkanes) is 28. The van der Waals surface area contributed by atoms with Crippen molar-refractivity contribution < 1.29 is 89.4 Å². The molecule has 0 saturated carbocycles. The van der Waals surface area contributed by atoms with E-state index in [0.29, 0.717) is 6.42 Å². The molecule has 0 spiro atoms. The first-order valence-corrected chi connectivity index (χ1v) is 31.1. The van der Waals surface area contributed by atoms with Gasteiger partial charge in [0.2, 0.25) is 5.91 Å². The molecule has 1 amide bonds. The first-order chi connectivity index (χ1) is 38.3. The highest BCUT2D eigenvalue weighted by atomic mass is 16.8. The minimum absolute atomic E-state index is 0.245. The van der Waals surface area contributed by atoms with Crippen LogP contribution in [0.25, 0.3) is 0 Å². The van der Waals surface area contributed by atoms with Gasteiger partial charge in [-0.05, 0) is 44.9 Å². The fourth-order valence-electron chi connectivity index (χ4n) is 10.6. The fourth-order valence-corrected chi connectivity index (χ4v) is 10.6. The van der Waals surface area contributed by atoms with E-state index in [1.54, 1.807) is 6.08 Å². The summed E-state index contributed by atoms with van der Waals surface area (Å²) in [6.07, 6.45) is 19.8. The number of ether oxygens (including phenoxy) is 6. The van der Waals surface area contributed by atoms with Crippen LogP contribution in [0.4, 0.5) is 0 Å². The number of allylic oxidation sites excluding steroid dienone is 3. The lowest BCUT2D eigenvalue weighted by atomic mass is 9.96. The minimum Gasteiger partial charge on any atom is -0.394 e. The van der Waals surface area contributed by atoms with Crippen LogP contribution in [0.5, 0.6) is 0 Å². The molecule has 19 heteroatoms. The van der Waals surface area contributed by atoms with Crippen molar-refractivity contribution >= 4 is 5.91 Å². The first-order valence-electron chi connectivity index (χ1n) is 31.1. The largest absolute Gasteiger partial charge is 0.394 e. The van der Waals surface area contributed by atoms with Gasteiger partial charge in [-0.25, -0.2) is 0 Å². The van der Waals surface area contributed by atoms with Crippen LogP contribution in [0.2, 0.25) is 0 Å². The van der Waals surface area contributed by atoms with Crippen LogP contribution >= 0.6 is 0 Å². The molecule has 3 rings (SSSR count). The summed E-state index contributed by atoms with van der Waals surface area (Å²) in [5, 5.41) is 119. The molecule has 3 saturated heterocycles. The Morgan fingerprint density at radius 3 is 1.25 bits per heavy atom. The lowest BCUT2D eigenvalue weighted by Crippen LogP contribution is -2.66. The maximum absolute atomic E-state index is 13.2. The van der Waals surface area contributed by atoms with E-state index in [1.807, 2.05) is 6.08 Å². The molecule has 0 aromatic heterocycles. The average molecular weight is 1130 g/mol. The van der Waals surface area contributed by atoms with Crippen molar-refractivity contribution in [1.82, 2.24) is 5.32 Å². The topological polar surface area (TPSA) is 307 Å². The predicted octanol–water partition coefficient (Wildman–Crippen LogP) is 5.93. The number of aliphatic hydroxyl groups is 11. The third-order valence-electron chi connectivity index (χ3n) is 15.7. The van der Waals surface area contributed by atoms with Gasteiger partial charge >= 0.3 is 0 Å². The summed E-state index contributed by atoms with van der Waals surface area (Å²) in [4.78, 5) is 13.2. The van der Waals surface area contributed by atoms with Crippen LogP contribution in [0.15, 0.2) is 24.3 Å². The minimum atomic E-state index is -1.97. The van der Waals surface area contributed by atoms with E-state index in [2.05, 4.69) is 31.3 Å². The standard InChI is InChI=1S/C60H111NO18/c1-3-5-7-9-10-11-12-13-14-15-16-17-18-19-20-21-22-23-24-25-26-27-28-29-30-31-32-34-36-38-48(66)61-43(44(65)37-35-33-8-6-4-2)42-74-58-54(72)51(69)56(46(40-63)76-58)79-60-55(73)52(70)57(47(41-64)77-60)78-59-53(71)50(68)49(67)45(39-62)75-59/h15-16,35,37,43-47,49-60,62-65,67-73H,3-14,17-34,36,38-42H2,1-2H3,(H,61,66)/b16-15-,37-35+. The molecule has 0 radical (unpaired) electrons. The molecule has 464 valence electrons. The quantitative estimate of drug-likeness (QED) is 0.0248. The Kier molecular flexibility index (Phi) is 39.7. The summed E-state index contributed by atoms with van der Waals surface area (Å²) in [6.45, 7) is 1.60. The van der Waals surface area contributed by atoms with E-state index in [4.69, 9.17) is 28.4 Å². The van der Waals surface area contributed by atoms with Gasteiger partial charge in [0, 0.05) is 6.42 Å². The number of nitrogens with one attached hydrogen (secondary N) is 1. The summed E-state index contributed by atoms with van der Waals surface area (Å²) in [5.41, 5.74) is 0. The summed E-state index contributed by atoms with van der Waals surface area (Å²) in [6, 6.07) is -0.966. The molecular formula is C60H111NO18. The van der Waals surface area contributed by atoms with E-state index in [0.717, 1.165) is 44.9 Å². The molecule has 0 aromatic rings. The molecule has 3 aliphatic rings. The van der Waals surface area contributed by atoms with Crippen molar-refractivity contribution in [1.29, 1.82) is 0 Å². The molecule has 17 atom stereocenters. The monoisotopic (exact) mass is 1130 g/mol. The highest BCUT2D eigenvalue weighted by Gasteiger charge is 2.53. The molecule has 3 fully saturated rings. The molecule has 0 aromatic carbocycles. The maximum Gasteiger partial charge on any atom is 0.220 e. The van der Waals surface area contributed by atoms with Gasteiger partial charge in [0.05, 0.1) is 38.6 Å². The molecule has 0 bridgehead atoms. The van der Waals surface area contributed by atoms with Crippen molar-refractivity contribution in [3.63, 3.8) is 0 Å². The van der Waals surface area contributed by atoms with Crippen molar-refractivity contribution in [2.75, 3.05) is 26.4 Å². The Morgan fingerprint density at radius 2 is 0.797 bits per heavy atom. The Hall–Kier alpha value is -1.73. The SMILES string of the molecule is CCCCC/C=C/C(O)C(COC1OC(CO)C(OC2OC(CO)C(OC3OC(CO)C(O)C(O)C3O)C(O)C2O)C(O)C1O)NC(=O)CCCCCCCCCCCCCCCCCCC/C=C\CCCCCCCCCC. The van der Waals surface area contributed by atoms with Gasteiger partial charge in [0.25, 0.3) is 0 Å². The zero-order chi connectivity index (χ0) is 57.6. The summed E-state index contributed by atoms with van der Waals surface area (Å²) in [7, 11) is 0. The molecule has 17 unspecified atom stereocenters. The van der Waals surface area contributed by atoms with Gasteiger partial charge in [-0.1, -0.05) is 192 Å². The van der Waals surface area contributed by atoms with E-state index in [1.165, 1.54) is 148 Å². The zero-order valence-corrected chi connectivity index (χ0v) is 48.4. The number of carbonyl (C=O) groups excluding carboxylic acids is 1. The van der Waals surface area contributed by atoms with Crippen LogP contribution in [0, 0.1) is 0 Å². The molecule has 0 aliphatic carbocycles. The zero-order valence-electron chi connectivity index (χ0n) is 48.4. The Bertz CT molecular complexity index is 1540. The van der Waals surface area contributed by atoms with Crippen molar-refractivity contribution in [2.45, 2.75) is 324 Å². The number of amides is 1. The summed E-state index contributed by atoms with van der Waals surface area (Å²) < 4.78 is 34.1. The number of hydrogen-bond donors (Lipinski definition) is 12. The molecule has 12 N–H and O–H groups in total. The second kappa shape index (κ2) is 43.8. The average Bonchev–Trinajstić information content (AvgIpc) is 3.58. The van der Waals surface area contributed by atoms with Crippen molar-refractivity contribution in [3.8, 4) is 0 Å². The molecule has 3 heterocycles. The highest BCUT2D eigenvalue weighted by molar-refractivity contribution is 5.76. The van der Waals surface area contributed by atoms with Gasteiger partial charge in [0.1, 0.15) is 73.2 Å². The van der Waals surface area contributed by atoms with E-state index in [9.17, 15) is 61.0 Å². The van der Waals surface area contributed by atoms with Gasteiger partial charge in [-0.3, -0.25) is 4.79 Å². The number of hydrogen-bond acceptors (Lipinski definition) is 18. The van der Waals surface area contributed by atoms with Crippen LogP contribution in [0.1, 0.15) is 219 Å². The predicted molar refractivity (Wildman–Crippen MR) is 300 cm³/mol. The third kappa shape index (κ3) is 27.7. The third-order valence-corrected chi connectivity index (χ3v) is 15.7. The van der Waals surface area contributed by atoms with Crippen LogP contribution in [-0.4, -0.2) is 193 Å². The summed E-state index contributed by atoms with van der Waals surface area (Å²) >= 11 is 0. The molecule has 79 heavy (non-hydrogen) atoms. The van der Waals surface area contributed by atoms with Crippen molar-refractivity contribution in [3.05, 3.63) is 24.3 Å². The second-order valence-corrected chi connectivity index (χ2v) is 22.5. The van der Waals surface area contributed by atoms with Crippen LogP contribution in [-0.2, 0) is 33.2 Å². The van der Waals surface area contributed by atoms with E-state index in [-0.39, 0.29) is 18.9 Å². The normalized spacial score (nSPS) is 30.4. The Morgan fingerprint density at radius 1 is 0.443 bits per heavy atom. The van der Waals surface area contributed by atoms with E-state index < -0.39 is 124 Å². The fraction of sp³-hybridized carbons (Fsp3) is 0.917. The lowest BCUT2D eigenvalue weighted by molar-refractivity contribution is -0.379. The smallest absolute Gasteiger partial charge is 0.220 e. The molecular weight excluding hydrogens is 1020 g/mol. The molecule has 19 nitrogen and oxygen atoms in total. The Balaban J connectivity index is 1.32. The van der Waals surface area contributed by atoms with Crippen LogP contribution in [0.3, 0.4) is 0 Å². The maximum atomic E-state index is 13.2. The van der Waals surface area contributed by atoms with E-state index >= 15 is 0 Å². The highest BCUT2D eigenvalue weighted by Crippen LogP contribution is 2.33. The van der Waals surface area contributed by atoms with Gasteiger partial charge in [-0.2, -0.15) is 0 Å². The first kappa shape index (κ1) is 71.5. The summed E-state index contributed by atoms with van der Waals surface area (Å²) in [5.74, 6) is -0.281. The second-order valence-electron chi connectivity index (χ2n) is 22.5. The van der Waals surface area contributed by atoms with Gasteiger partial charge < -0.3 is 89.9 Å². The molecule has 3 aliphatic heterocycles. The Labute approximate surface area is 473 Å².